The molecule has 3 unspecified atom stereocenters. The van der Waals surface area contributed by atoms with Crippen molar-refractivity contribution in [3.63, 3.8) is 0 Å². The molecule has 0 amide bonds. The molecule has 0 aromatic carbocycles. The third kappa shape index (κ3) is 2.06. The van der Waals surface area contributed by atoms with Crippen molar-refractivity contribution in [1.29, 1.82) is 0 Å². The zero-order valence-corrected chi connectivity index (χ0v) is 12.6. The van der Waals surface area contributed by atoms with Crippen LogP contribution in [0.4, 0.5) is 0 Å². The highest BCUT2D eigenvalue weighted by atomic mass is 16.3. The lowest BCUT2D eigenvalue weighted by molar-refractivity contribution is -0.209. The van der Waals surface area contributed by atoms with Crippen LogP contribution in [0.2, 0.25) is 0 Å². The summed E-state index contributed by atoms with van der Waals surface area (Å²) in [6.45, 7) is 4.62. The van der Waals surface area contributed by atoms with Crippen LogP contribution in [0.25, 0.3) is 0 Å². The standard InChI is InChI=1S/C17H30O2/c1-3-4-5-15(2,19)17-9-13-6-14(10-17)8-16(7-13,11-17)12-18/h13-14,18-19H,3-12H2,1-2H3. The average molecular weight is 266 g/mol. The fraction of sp³-hybridized carbons (Fsp3) is 1.00. The van der Waals surface area contributed by atoms with Crippen LogP contribution in [-0.2, 0) is 0 Å². The van der Waals surface area contributed by atoms with Crippen molar-refractivity contribution in [2.75, 3.05) is 6.61 Å². The predicted molar refractivity (Wildman–Crippen MR) is 76.8 cm³/mol. The molecule has 19 heavy (non-hydrogen) atoms. The van der Waals surface area contributed by atoms with Crippen LogP contribution in [0.15, 0.2) is 0 Å². The van der Waals surface area contributed by atoms with Crippen molar-refractivity contribution in [1.82, 2.24) is 0 Å². The first-order chi connectivity index (χ1) is 8.94. The fourth-order valence-electron chi connectivity index (χ4n) is 6.05. The molecule has 4 saturated carbocycles. The molecule has 4 fully saturated rings. The van der Waals surface area contributed by atoms with E-state index >= 15 is 0 Å². The topological polar surface area (TPSA) is 40.5 Å². The van der Waals surface area contributed by atoms with E-state index in [1.165, 1.54) is 32.1 Å². The highest BCUT2D eigenvalue weighted by molar-refractivity contribution is 5.12. The maximum absolute atomic E-state index is 11.1. The van der Waals surface area contributed by atoms with Crippen molar-refractivity contribution in [3.8, 4) is 0 Å². The van der Waals surface area contributed by atoms with Gasteiger partial charge in [0.05, 0.1) is 5.60 Å². The largest absolute Gasteiger partial charge is 0.396 e. The third-order valence-electron chi connectivity index (χ3n) is 6.68. The van der Waals surface area contributed by atoms with Crippen LogP contribution in [0.3, 0.4) is 0 Å². The molecule has 110 valence electrons. The van der Waals surface area contributed by atoms with Gasteiger partial charge in [-0.3, -0.25) is 0 Å². The van der Waals surface area contributed by atoms with Gasteiger partial charge >= 0.3 is 0 Å². The Morgan fingerprint density at radius 3 is 2.32 bits per heavy atom. The van der Waals surface area contributed by atoms with Gasteiger partial charge in [0.1, 0.15) is 0 Å². The minimum absolute atomic E-state index is 0.106. The van der Waals surface area contributed by atoms with E-state index in [9.17, 15) is 10.2 Å². The third-order valence-corrected chi connectivity index (χ3v) is 6.68. The van der Waals surface area contributed by atoms with Gasteiger partial charge in [0.25, 0.3) is 0 Å². The van der Waals surface area contributed by atoms with E-state index in [1.54, 1.807) is 0 Å². The second kappa shape index (κ2) is 4.46. The molecular weight excluding hydrogens is 236 g/mol. The minimum atomic E-state index is -0.527. The van der Waals surface area contributed by atoms with Gasteiger partial charge in [-0.25, -0.2) is 0 Å². The normalized spacial score (nSPS) is 47.4. The van der Waals surface area contributed by atoms with Crippen molar-refractivity contribution < 1.29 is 10.2 Å². The highest BCUT2D eigenvalue weighted by Gasteiger charge is 2.62. The maximum Gasteiger partial charge on any atom is 0.0676 e. The molecule has 0 radical (unpaired) electrons. The summed E-state index contributed by atoms with van der Waals surface area (Å²) in [6, 6.07) is 0. The molecule has 2 heteroatoms. The van der Waals surface area contributed by atoms with Crippen molar-refractivity contribution in [3.05, 3.63) is 0 Å². The van der Waals surface area contributed by atoms with Crippen LogP contribution >= 0.6 is 0 Å². The van der Waals surface area contributed by atoms with Gasteiger partial charge in [-0.05, 0) is 74.5 Å². The van der Waals surface area contributed by atoms with E-state index in [2.05, 4.69) is 13.8 Å². The first-order valence-corrected chi connectivity index (χ1v) is 8.27. The Bertz CT molecular complexity index is 333. The van der Waals surface area contributed by atoms with E-state index < -0.39 is 5.60 Å². The Labute approximate surface area is 117 Å². The molecule has 4 rings (SSSR count). The van der Waals surface area contributed by atoms with Gasteiger partial charge in [0, 0.05) is 6.61 Å². The molecule has 4 aliphatic carbocycles. The second-order valence-electron chi connectivity index (χ2n) is 8.28. The van der Waals surface area contributed by atoms with Gasteiger partial charge in [0.2, 0.25) is 0 Å². The van der Waals surface area contributed by atoms with Crippen LogP contribution in [-0.4, -0.2) is 22.4 Å². The van der Waals surface area contributed by atoms with E-state index in [0.717, 1.165) is 37.5 Å². The summed E-state index contributed by atoms with van der Waals surface area (Å²) in [6.07, 6.45) is 10.5. The lowest BCUT2D eigenvalue weighted by Crippen LogP contribution is -2.61. The zero-order valence-electron chi connectivity index (χ0n) is 12.6. The first kappa shape index (κ1) is 13.9. The number of aliphatic hydroxyl groups excluding tert-OH is 1. The van der Waals surface area contributed by atoms with E-state index in [4.69, 9.17) is 0 Å². The molecule has 0 aromatic heterocycles. The van der Waals surface area contributed by atoms with Crippen molar-refractivity contribution in [2.45, 2.75) is 77.2 Å². The zero-order chi connectivity index (χ0) is 13.7. The molecule has 0 aliphatic heterocycles. The number of unbranched alkanes of at least 4 members (excludes halogenated alkanes) is 1. The molecule has 2 nitrogen and oxygen atoms in total. The highest BCUT2D eigenvalue weighted by Crippen LogP contribution is 2.68. The molecule has 0 heterocycles. The van der Waals surface area contributed by atoms with E-state index in [0.29, 0.717) is 6.61 Å². The van der Waals surface area contributed by atoms with Gasteiger partial charge in [0.15, 0.2) is 0 Å². The van der Waals surface area contributed by atoms with E-state index in [1.807, 2.05) is 0 Å². The molecule has 0 saturated heterocycles. The molecule has 0 spiro atoms. The Hall–Kier alpha value is -0.0800. The SMILES string of the molecule is CCCCC(C)(O)C12CC3CC(CC(CO)(C3)C1)C2. The summed E-state index contributed by atoms with van der Waals surface area (Å²) in [7, 11) is 0. The van der Waals surface area contributed by atoms with Gasteiger partial charge in [-0.2, -0.15) is 0 Å². The monoisotopic (exact) mass is 266 g/mol. The van der Waals surface area contributed by atoms with Crippen molar-refractivity contribution >= 4 is 0 Å². The number of hydrogen-bond donors (Lipinski definition) is 2. The summed E-state index contributed by atoms with van der Waals surface area (Å²) < 4.78 is 0. The number of rotatable bonds is 5. The first-order valence-electron chi connectivity index (χ1n) is 8.27. The quantitative estimate of drug-likeness (QED) is 0.799. The molecule has 3 atom stereocenters. The average Bonchev–Trinajstić information content (AvgIpc) is 2.35. The van der Waals surface area contributed by atoms with E-state index in [-0.39, 0.29) is 10.8 Å². The summed E-state index contributed by atoms with van der Waals surface area (Å²) in [5.41, 5.74) is -0.267. The summed E-state index contributed by atoms with van der Waals surface area (Å²) in [5.74, 6) is 1.53. The Morgan fingerprint density at radius 2 is 1.79 bits per heavy atom. The summed E-state index contributed by atoms with van der Waals surface area (Å²) in [4.78, 5) is 0. The van der Waals surface area contributed by atoms with Gasteiger partial charge < -0.3 is 10.2 Å². The second-order valence-corrected chi connectivity index (χ2v) is 8.28. The molecular formula is C17H30O2. The molecule has 2 N–H and O–H groups in total. The molecule has 4 bridgehead atoms. The fourth-order valence-corrected chi connectivity index (χ4v) is 6.05. The van der Waals surface area contributed by atoms with Gasteiger partial charge in [-0.1, -0.05) is 19.8 Å². The Kier molecular flexibility index (Phi) is 3.26. The lowest BCUT2D eigenvalue weighted by atomic mass is 9.41. The Balaban J connectivity index is 1.87. The smallest absolute Gasteiger partial charge is 0.0676 e. The number of hydrogen-bond acceptors (Lipinski definition) is 2. The Morgan fingerprint density at radius 1 is 1.16 bits per heavy atom. The van der Waals surface area contributed by atoms with Crippen molar-refractivity contribution in [2.24, 2.45) is 22.7 Å². The van der Waals surface area contributed by atoms with Gasteiger partial charge in [-0.15, -0.1) is 0 Å². The minimum Gasteiger partial charge on any atom is -0.396 e. The maximum atomic E-state index is 11.1. The number of aliphatic hydroxyl groups is 2. The summed E-state index contributed by atoms with van der Waals surface area (Å²) >= 11 is 0. The van der Waals surface area contributed by atoms with Crippen LogP contribution in [0.5, 0.6) is 0 Å². The van der Waals surface area contributed by atoms with Crippen LogP contribution in [0, 0.1) is 22.7 Å². The predicted octanol–water partition coefficient (Wildman–Crippen LogP) is 3.51. The van der Waals surface area contributed by atoms with Crippen LogP contribution in [0.1, 0.15) is 71.6 Å². The van der Waals surface area contributed by atoms with Crippen LogP contribution < -0.4 is 0 Å². The molecule has 4 aliphatic rings. The lowest BCUT2D eigenvalue weighted by Gasteiger charge is -2.65. The molecule has 0 aromatic rings. The summed E-state index contributed by atoms with van der Waals surface area (Å²) in [5, 5.41) is 21.0.